The lowest BCUT2D eigenvalue weighted by Crippen LogP contribution is -2.41. The van der Waals surface area contributed by atoms with Gasteiger partial charge in [0, 0.05) is 23.3 Å². The van der Waals surface area contributed by atoms with Gasteiger partial charge in [-0.25, -0.2) is 4.98 Å². The summed E-state index contributed by atoms with van der Waals surface area (Å²) in [5.41, 5.74) is 1.91. The molecule has 3 rings (SSSR count). The minimum Gasteiger partial charge on any atom is -0.346 e. The largest absolute Gasteiger partial charge is 0.346 e. The highest BCUT2D eigenvalue weighted by Gasteiger charge is 2.20. The SMILES string of the molecule is CC1CCN(CC(=O)NC(C)c2nc(-c3cccnc3)cs2)CC1. The Hall–Kier alpha value is -1.79. The number of piperidine rings is 1. The van der Waals surface area contributed by atoms with Crippen molar-refractivity contribution in [2.75, 3.05) is 19.6 Å². The number of carbonyl (C=O) groups excluding carboxylic acids is 1. The fourth-order valence-electron chi connectivity index (χ4n) is 2.91. The van der Waals surface area contributed by atoms with Gasteiger partial charge in [0.05, 0.1) is 18.3 Å². The lowest BCUT2D eigenvalue weighted by Gasteiger charge is -2.29. The molecule has 1 aliphatic rings. The highest BCUT2D eigenvalue weighted by molar-refractivity contribution is 7.10. The summed E-state index contributed by atoms with van der Waals surface area (Å²) < 4.78 is 0. The Labute approximate surface area is 147 Å². The van der Waals surface area contributed by atoms with Gasteiger partial charge in [0.25, 0.3) is 0 Å². The summed E-state index contributed by atoms with van der Waals surface area (Å²) in [6.45, 7) is 6.79. The number of hydrogen-bond donors (Lipinski definition) is 1. The molecule has 0 radical (unpaired) electrons. The summed E-state index contributed by atoms with van der Waals surface area (Å²) in [5, 5.41) is 6.01. The van der Waals surface area contributed by atoms with E-state index in [-0.39, 0.29) is 11.9 Å². The number of rotatable bonds is 5. The number of carbonyl (C=O) groups is 1. The van der Waals surface area contributed by atoms with Gasteiger partial charge in [-0.1, -0.05) is 6.92 Å². The molecule has 0 aliphatic carbocycles. The maximum Gasteiger partial charge on any atom is 0.234 e. The summed E-state index contributed by atoms with van der Waals surface area (Å²) >= 11 is 1.57. The Kier molecular flexibility index (Phi) is 5.58. The molecule has 0 bridgehead atoms. The number of likely N-dealkylation sites (tertiary alicyclic amines) is 1. The zero-order valence-corrected chi connectivity index (χ0v) is 15.1. The first-order valence-corrected chi connectivity index (χ1v) is 9.37. The molecule has 6 heteroatoms. The summed E-state index contributed by atoms with van der Waals surface area (Å²) in [7, 11) is 0. The topological polar surface area (TPSA) is 58.1 Å². The van der Waals surface area contributed by atoms with Gasteiger partial charge in [0.1, 0.15) is 5.01 Å². The molecule has 2 aromatic heterocycles. The number of amides is 1. The maximum atomic E-state index is 12.3. The number of pyridine rings is 1. The molecule has 1 N–H and O–H groups in total. The number of aromatic nitrogens is 2. The Morgan fingerprint density at radius 2 is 2.25 bits per heavy atom. The molecule has 1 fully saturated rings. The zero-order valence-electron chi connectivity index (χ0n) is 14.2. The van der Waals surface area contributed by atoms with Gasteiger partial charge in [-0.15, -0.1) is 11.3 Å². The lowest BCUT2D eigenvalue weighted by molar-refractivity contribution is -0.123. The third kappa shape index (κ3) is 4.39. The molecule has 2 aromatic rings. The molecule has 1 aliphatic heterocycles. The van der Waals surface area contributed by atoms with Crippen LogP contribution in [0.4, 0.5) is 0 Å². The molecule has 1 atom stereocenters. The van der Waals surface area contributed by atoms with Gasteiger partial charge >= 0.3 is 0 Å². The van der Waals surface area contributed by atoms with Crippen LogP contribution in [0.3, 0.4) is 0 Å². The van der Waals surface area contributed by atoms with Crippen LogP contribution in [0, 0.1) is 5.92 Å². The molecule has 5 nitrogen and oxygen atoms in total. The smallest absolute Gasteiger partial charge is 0.234 e. The van der Waals surface area contributed by atoms with E-state index in [1.54, 1.807) is 23.7 Å². The minimum absolute atomic E-state index is 0.0726. The first kappa shape index (κ1) is 17.0. The van der Waals surface area contributed by atoms with E-state index in [2.05, 4.69) is 27.1 Å². The predicted molar refractivity (Wildman–Crippen MR) is 96.7 cm³/mol. The monoisotopic (exact) mass is 344 g/mol. The van der Waals surface area contributed by atoms with Crippen LogP contribution >= 0.6 is 11.3 Å². The third-order valence-electron chi connectivity index (χ3n) is 4.47. The highest BCUT2D eigenvalue weighted by Crippen LogP contribution is 2.24. The molecule has 0 aromatic carbocycles. The quantitative estimate of drug-likeness (QED) is 0.905. The van der Waals surface area contributed by atoms with Crippen molar-refractivity contribution in [3.63, 3.8) is 0 Å². The Balaban J connectivity index is 1.54. The molecule has 1 unspecified atom stereocenters. The molecule has 128 valence electrons. The van der Waals surface area contributed by atoms with Crippen molar-refractivity contribution < 1.29 is 4.79 Å². The van der Waals surface area contributed by atoms with E-state index in [0.717, 1.165) is 35.3 Å². The molecule has 0 spiro atoms. The van der Waals surface area contributed by atoms with E-state index in [9.17, 15) is 4.79 Å². The minimum atomic E-state index is -0.0726. The van der Waals surface area contributed by atoms with Crippen LogP contribution in [-0.4, -0.2) is 40.4 Å². The van der Waals surface area contributed by atoms with E-state index in [1.807, 2.05) is 24.4 Å². The van der Waals surface area contributed by atoms with Crippen LogP contribution in [0.15, 0.2) is 29.9 Å². The van der Waals surface area contributed by atoms with Crippen LogP contribution < -0.4 is 5.32 Å². The molecular weight excluding hydrogens is 320 g/mol. The number of thiazole rings is 1. The molecular formula is C18H24N4OS. The number of nitrogens with zero attached hydrogens (tertiary/aromatic N) is 3. The van der Waals surface area contributed by atoms with Crippen LogP contribution in [0.1, 0.15) is 37.7 Å². The Morgan fingerprint density at radius 1 is 1.46 bits per heavy atom. The van der Waals surface area contributed by atoms with Crippen molar-refractivity contribution in [3.8, 4) is 11.3 Å². The average Bonchev–Trinajstić information content (AvgIpc) is 3.08. The number of nitrogens with one attached hydrogen (secondary N) is 1. The van der Waals surface area contributed by atoms with Gasteiger partial charge in [-0.3, -0.25) is 14.7 Å². The molecule has 24 heavy (non-hydrogen) atoms. The standard InChI is InChI=1S/C18H24N4OS/c1-13-5-8-22(9-6-13)11-17(23)20-14(2)18-21-16(12-24-18)15-4-3-7-19-10-15/h3-4,7,10,12-14H,5-6,8-9,11H2,1-2H3,(H,20,23). The van der Waals surface area contributed by atoms with E-state index in [1.165, 1.54) is 12.8 Å². The average molecular weight is 344 g/mol. The highest BCUT2D eigenvalue weighted by atomic mass is 32.1. The Bertz CT molecular complexity index is 665. The van der Waals surface area contributed by atoms with Crippen molar-refractivity contribution in [1.82, 2.24) is 20.2 Å². The van der Waals surface area contributed by atoms with Gasteiger partial charge in [-0.05, 0) is 50.9 Å². The van der Waals surface area contributed by atoms with Crippen LogP contribution in [0.25, 0.3) is 11.3 Å². The lowest BCUT2D eigenvalue weighted by atomic mass is 9.99. The zero-order chi connectivity index (χ0) is 16.9. The van der Waals surface area contributed by atoms with Crippen molar-refractivity contribution in [1.29, 1.82) is 0 Å². The fourth-order valence-corrected chi connectivity index (χ4v) is 3.74. The summed E-state index contributed by atoms with van der Waals surface area (Å²) in [4.78, 5) is 23.3. The third-order valence-corrected chi connectivity index (χ3v) is 5.50. The van der Waals surface area contributed by atoms with E-state index in [4.69, 9.17) is 0 Å². The second-order valence-corrected chi connectivity index (χ2v) is 7.45. The normalized spacial score (nSPS) is 17.6. The van der Waals surface area contributed by atoms with Crippen LogP contribution in [0.5, 0.6) is 0 Å². The first-order valence-electron chi connectivity index (χ1n) is 8.49. The van der Waals surface area contributed by atoms with Crippen LogP contribution in [0.2, 0.25) is 0 Å². The van der Waals surface area contributed by atoms with Crippen molar-refractivity contribution in [2.24, 2.45) is 5.92 Å². The molecule has 3 heterocycles. The molecule has 0 saturated carbocycles. The second-order valence-electron chi connectivity index (χ2n) is 6.56. The number of hydrogen-bond acceptors (Lipinski definition) is 5. The van der Waals surface area contributed by atoms with Gasteiger partial charge in [0.15, 0.2) is 0 Å². The van der Waals surface area contributed by atoms with E-state index >= 15 is 0 Å². The van der Waals surface area contributed by atoms with Crippen molar-refractivity contribution >= 4 is 17.2 Å². The maximum absolute atomic E-state index is 12.3. The van der Waals surface area contributed by atoms with E-state index < -0.39 is 0 Å². The van der Waals surface area contributed by atoms with Crippen LogP contribution in [-0.2, 0) is 4.79 Å². The van der Waals surface area contributed by atoms with Crippen molar-refractivity contribution in [3.05, 3.63) is 34.9 Å². The van der Waals surface area contributed by atoms with Gasteiger partial charge in [0.2, 0.25) is 5.91 Å². The predicted octanol–water partition coefficient (Wildman–Crippen LogP) is 3.11. The molecule has 1 saturated heterocycles. The van der Waals surface area contributed by atoms with Crippen molar-refractivity contribution in [2.45, 2.75) is 32.7 Å². The summed E-state index contributed by atoms with van der Waals surface area (Å²) in [6.07, 6.45) is 5.92. The summed E-state index contributed by atoms with van der Waals surface area (Å²) in [5.74, 6) is 0.861. The summed E-state index contributed by atoms with van der Waals surface area (Å²) in [6, 6.07) is 3.82. The van der Waals surface area contributed by atoms with Gasteiger partial charge < -0.3 is 5.32 Å². The molecule has 1 amide bonds. The second kappa shape index (κ2) is 7.85. The van der Waals surface area contributed by atoms with E-state index in [0.29, 0.717) is 6.54 Å². The Morgan fingerprint density at radius 3 is 2.96 bits per heavy atom. The fraction of sp³-hybridized carbons (Fsp3) is 0.500. The first-order chi connectivity index (χ1) is 11.6. The van der Waals surface area contributed by atoms with Gasteiger partial charge in [-0.2, -0.15) is 0 Å².